The molecule has 0 saturated heterocycles. The van der Waals surface area contributed by atoms with E-state index >= 15 is 0 Å². The Labute approximate surface area is 164 Å². The smallest absolute Gasteiger partial charge is 0.142 e. The number of benzene rings is 3. The highest BCUT2D eigenvalue weighted by Gasteiger charge is 2.32. The minimum Gasteiger partial charge on any atom is -0.506 e. The second kappa shape index (κ2) is 6.81. The molecule has 0 fully saturated rings. The van der Waals surface area contributed by atoms with Gasteiger partial charge in [-0.3, -0.25) is 0 Å². The van der Waals surface area contributed by atoms with Crippen molar-refractivity contribution in [2.75, 3.05) is 0 Å². The molecule has 3 aromatic rings. The standard InChI is InChI=1S/C20H16I2O/c1-20(14-8-4-2-5-9-14,15-10-6-3-7-11-15)16-12-17(21)19(23)18(22)13-16/h2-13,23H,1H3. The van der Waals surface area contributed by atoms with Crippen molar-refractivity contribution in [2.24, 2.45) is 0 Å². The second-order valence-electron chi connectivity index (χ2n) is 5.65. The zero-order chi connectivity index (χ0) is 16.4. The van der Waals surface area contributed by atoms with Gasteiger partial charge in [-0.25, -0.2) is 0 Å². The van der Waals surface area contributed by atoms with E-state index in [2.05, 4.69) is 113 Å². The number of aromatic hydroxyl groups is 1. The fraction of sp³-hybridized carbons (Fsp3) is 0.100. The molecule has 0 heterocycles. The van der Waals surface area contributed by atoms with Crippen LogP contribution in [0.25, 0.3) is 0 Å². The first-order valence-corrected chi connectivity index (χ1v) is 9.49. The summed E-state index contributed by atoms with van der Waals surface area (Å²) in [4.78, 5) is 0. The fourth-order valence-corrected chi connectivity index (χ4v) is 4.67. The third-order valence-electron chi connectivity index (χ3n) is 4.30. The maximum Gasteiger partial charge on any atom is 0.142 e. The highest BCUT2D eigenvalue weighted by atomic mass is 127. The Morgan fingerprint density at radius 3 is 1.48 bits per heavy atom. The summed E-state index contributed by atoms with van der Waals surface area (Å²) in [5, 5.41) is 10.1. The molecule has 0 unspecified atom stereocenters. The van der Waals surface area contributed by atoms with Gasteiger partial charge < -0.3 is 5.11 Å². The van der Waals surface area contributed by atoms with Gasteiger partial charge >= 0.3 is 0 Å². The number of rotatable bonds is 3. The van der Waals surface area contributed by atoms with Gasteiger partial charge in [-0.15, -0.1) is 0 Å². The second-order valence-corrected chi connectivity index (χ2v) is 7.97. The minimum atomic E-state index is -0.268. The predicted molar refractivity (Wildman–Crippen MR) is 112 cm³/mol. The van der Waals surface area contributed by atoms with Gasteiger partial charge in [0.15, 0.2) is 0 Å². The van der Waals surface area contributed by atoms with Crippen molar-refractivity contribution in [1.29, 1.82) is 0 Å². The summed E-state index contributed by atoms with van der Waals surface area (Å²) in [6.45, 7) is 2.25. The number of phenols is 1. The lowest BCUT2D eigenvalue weighted by Crippen LogP contribution is -2.25. The molecule has 23 heavy (non-hydrogen) atoms. The topological polar surface area (TPSA) is 20.2 Å². The fourth-order valence-electron chi connectivity index (χ4n) is 2.90. The van der Waals surface area contributed by atoms with Crippen molar-refractivity contribution in [2.45, 2.75) is 12.3 Å². The van der Waals surface area contributed by atoms with Crippen LogP contribution in [0.2, 0.25) is 0 Å². The Balaban J connectivity index is 2.29. The Hall–Kier alpha value is -1.08. The minimum absolute atomic E-state index is 0.268. The summed E-state index contributed by atoms with van der Waals surface area (Å²) in [7, 11) is 0. The number of hydrogen-bond acceptors (Lipinski definition) is 1. The van der Waals surface area contributed by atoms with Crippen LogP contribution in [-0.4, -0.2) is 5.11 Å². The summed E-state index contributed by atoms with van der Waals surface area (Å²) in [6, 6.07) is 25.2. The van der Waals surface area contributed by atoms with Gasteiger partial charge in [0.2, 0.25) is 0 Å². The lowest BCUT2D eigenvalue weighted by molar-refractivity contribution is 0.466. The van der Waals surface area contributed by atoms with Crippen LogP contribution in [0.3, 0.4) is 0 Å². The van der Waals surface area contributed by atoms with Gasteiger partial charge in [0.05, 0.1) is 7.14 Å². The molecular formula is C20H16I2O. The van der Waals surface area contributed by atoms with Crippen LogP contribution in [0.15, 0.2) is 72.8 Å². The molecule has 3 rings (SSSR count). The Morgan fingerprint density at radius 1 is 0.696 bits per heavy atom. The lowest BCUT2D eigenvalue weighted by Gasteiger charge is -2.32. The first-order valence-electron chi connectivity index (χ1n) is 7.33. The zero-order valence-corrected chi connectivity index (χ0v) is 16.9. The van der Waals surface area contributed by atoms with Crippen molar-refractivity contribution in [1.82, 2.24) is 0 Å². The van der Waals surface area contributed by atoms with Gasteiger partial charge in [-0.2, -0.15) is 0 Å². The Morgan fingerprint density at radius 2 is 1.09 bits per heavy atom. The molecule has 0 saturated carbocycles. The van der Waals surface area contributed by atoms with E-state index in [4.69, 9.17) is 0 Å². The molecule has 0 aliphatic carbocycles. The van der Waals surface area contributed by atoms with E-state index in [0.29, 0.717) is 5.75 Å². The predicted octanol–water partition coefficient (Wildman–Crippen LogP) is 5.96. The van der Waals surface area contributed by atoms with E-state index in [-0.39, 0.29) is 5.41 Å². The molecule has 0 aliphatic rings. The lowest BCUT2D eigenvalue weighted by atomic mass is 9.71. The average Bonchev–Trinajstić information content (AvgIpc) is 2.60. The summed E-state index contributed by atoms with van der Waals surface area (Å²) in [6.07, 6.45) is 0. The first-order chi connectivity index (χ1) is 11.0. The van der Waals surface area contributed by atoms with Crippen molar-refractivity contribution in [3.8, 4) is 5.75 Å². The summed E-state index contributed by atoms with van der Waals surface area (Å²) in [5.41, 5.74) is 3.39. The quantitative estimate of drug-likeness (QED) is 0.330. The highest BCUT2D eigenvalue weighted by Crippen LogP contribution is 2.41. The van der Waals surface area contributed by atoms with Gasteiger partial charge in [-0.05, 0) is 80.9 Å². The molecule has 0 aliphatic heterocycles. The van der Waals surface area contributed by atoms with Crippen LogP contribution in [0.1, 0.15) is 23.6 Å². The van der Waals surface area contributed by atoms with E-state index in [1.165, 1.54) is 16.7 Å². The SMILES string of the molecule is CC(c1ccccc1)(c1ccccc1)c1cc(I)c(O)c(I)c1. The third kappa shape index (κ3) is 3.13. The number of hydrogen-bond donors (Lipinski definition) is 1. The van der Waals surface area contributed by atoms with Crippen molar-refractivity contribution >= 4 is 45.2 Å². The normalized spacial score (nSPS) is 11.4. The van der Waals surface area contributed by atoms with Crippen LogP contribution in [0.5, 0.6) is 5.75 Å². The van der Waals surface area contributed by atoms with Crippen molar-refractivity contribution in [3.05, 3.63) is 96.6 Å². The molecular weight excluding hydrogens is 510 g/mol. The molecule has 116 valence electrons. The van der Waals surface area contributed by atoms with Gasteiger partial charge in [0.25, 0.3) is 0 Å². The summed E-state index contributed by atoms with van der Waals surface area (Å²) < 4.78 is 1.75. The Kier molecular flexibility index (Phi) is 4.96. The molecule has 3 heteroatoms. The largest absolute Gasteiger partial charge is 0.506 e. The molecule has 0 radical (unpaired) electrons. The Bertz CT molecular complexity index is 751. The zero-order valence-electron chi connectivity index (χ0n) is 12.6. The van der Waals surface area contributed by atoms with Crippen LogP contribution >= 0.6 is 45.2 Å². The van der Waals surface area contributed by atoms with E-state index < -0.39 is 0 Å². The monoisotopic (exact) mass is 526 g/mol. The molecule has 3 aromatic carbocycles. The molecule has 1 N–H and O–H groups in total. The molecule has 0 aromatic heterocycles. The van der Waals surface area contributed by atoms with Crippen LogP contribution in [-0.2, 0) is 5.41 Å². The van der Waals surface area contributed by atoms with Gasteiger partial charge in [-0.1, -0.05) is 60.7 Å². The van der Waals surface area contributed by atoms with Gasteiger partial charge in [0.1, 0.15) is 5.75 Å². The number of phenolic OH excluding ortho intramolecular Hbond substituents is 1. The van der Waals surface area contributed by atoms with E-state index in [9.17, 15) is 5.11 Å². The molecule has 1 nitrogen and oxygen atoms in total. The molecule has 0 atom stereocenters. The number of halogens is 2. The maximum atomic E-state index is 10.1. The molecule has 0 spiro atoms. The van der Waals surface area contributed by atoms with Gasteiger partial charge in [0, 0.05) is 5.41 Å². The van der Waals surface area contributed by atoms with E-state index in [0.717, 1.165) is 7.14 Å². The maximum absolute atomic E-state index is 10.1. The van der Waals surface area contributed by atoms with Crippen LogP contribution < -0.4 is 0 Å². The summed E-state index contributed by atoms with van der Waals surface area (Å²) >= 11 is 4.40. The van der Waals surface area contributed by atoms with Crippen molar-refractivity contribution in [3.63, 3.8) is 0 Å². The average molecular weight is 526 g/mol. The molecule has 0 amide bonds. The molecule has 0 bridgehead atoms. The summed E-state index contributed by atoms with van der Waals surface area (Å²) in [5.74, 6) is 0.360. The highest BCUT2D eigenvalue weighted by molar-refractivity contribution is 14.1. The van der Waals surface area contributed by atoms with Crippen LogP contribution in [0.4, 0.5) is 0 Å². The van der Waals surface area contributed by atoms with E-state index in [1.807, 2.05) is 12.1 Å². The van der Waals surface area contributed by atoms with E-state index in [1.54, 1.807) is 0 Å². The van der Waals surface area contributed by atoms with Crippen molar-refractivity contribution < 1.29 is 5.11 Å². The third-order valence-corrected chi connectivity index (χ3v) is 5.94. The van der Waals surface area contributed by atoms with Crippen LogP contribution in [0, 0.1) is 7.14 Å². The first kappa shape index (κ1) is 16.8.